The Balaban J connectivity index is 3.22. The molecule has 0 rings (SSSR count). The minimum atomic E-state index is 0.948. The van der Waals surface area contributed by atoms with E-state index in [0.29, 0.717) is 0 Å². The van der Waals surface area contributed by atoms with Crippen molar-refractivity contribution >= 4 is 17.5 Å². The van der Waals surface area contributed by atoms with Gasteiger partial charge in [0.1, 0.15) is 0 Å². The minimum Gasteiger partial charge on any atom is -0.187 e. The van der Waals surface area contributed by atoms with E-state index >= 15 is 0 Å². The molecule has 36 valence electrons. The van der Waals surface area contributed by atoms with Crippen LogP contribution in [0.1, 0.15) is 20.3 Å². The van der Waals surface area contributed by atoms with Crippen LogP contribution >= 0.6 is 11.8 Å². The van der Waals surface area contributed by atoms with Gasteiger partial charge < -0.3 is 0 Å². The molecule has 0 saturated heterocycles. The summed E-state index contributed by atoms with van der Waals surface area (Å²) in [5.74, 6) is 0. The lowest BCUT2D eigenvalue weighted by atomic mass is 10.3. The van der Waals surface area contributed by atoms with E-state index in [1.807, 2.05) is 13.8 Å². The summed E-state index contributed by atoms with van der Waals surface area (Å²) < 4.78 is 3.40. The normalized spacial score (nSPS) is 12.2. The molecular formula is C4H8ClN. The average molecular weight is 106 g/mol. The van der Waals surface area contributed by atoms with Crippen molar-refractivity contribution in [3.63, 3.8) is 0 Å². The van der Waals surface area contributed by atoms with Crippen molar-refractivity contribution in [1.82, 2.24) is 0 Å². The first-order valence-electron chi connectivity index (χ1n) is 1.95. The van der Waals surface area contributed by atoms with Gasteiger partial charge in [-0.1, -0.05) is 6.92 Å². The van der Waals surface area contributed by atoms with Gasteiger partial charge in [-0.15, -0.1) is 0 Å². The Kier molecular flexibility index (Phi) is 3.14. The number of hydrogen-bond donors (Lipinski definition) is 0. The molecule has 0 spiro atoms. The summed E-state index contributed by atoms with van der Waals surface area (Å²) in [4.78, 5) is 0. The summed E-state index contributed by atoms with van der Waals surface area (Å²) in [6.07, 6.45) is 0.948. The van der Waals surface area contributed by atoms with Gasteiger partial charge in [-0.2, -0.15) is 4.51 Å². The van der Waals surface area contributed by atoms with Crippen molar-refractivity contribution in [2.75, 3.05) is 0 Å². The molecule has 2 heteroatoms. The second-order valence-electron chi connectivity index (χ2n) is 1.17. The van der Waals surface area contributed by atoms with Crippen LogP contribution in [0.25, 0.3) is 0 Å². The highest BCUT2D eigenvalue weighted by Gasteiger charge is 1.77. The van der Waals surface area contributed by atoms with Gasteiger partial charge in [-0.05, 0) is 13.3 Å². The maximum atomic E-state index is 5.04. The molecule has 0 aliphatic heterocycles. The van der Waals surface area contributed by atoms with Crippen LogP contribution in [-0.4, -0.2) is 5.71 Å². The fourth-order valence-corrected chi connectivity index (χ4v) is 0.179. The molecule has 0 aromatic carbocycles. The van der Waals surface area contributed by atoms with E-state index < -0.39 is 0 Å². The molecule has 0 amide bonds. The zero-order valence-electron chi connectivity index (χ0n) is 4.03. The standard InChI is InChI=1S/C4H8ClN/c1-3-4(2)6-5/h3H2,1-2H3. The van der Waals surface area contributed by atoms with Crippen LogP contribution in [-0.2, 0) is 0 Å². The first-order chi connectivity index (χ1) is 2.81. The highest BCUT2D eigenvalue weighted by molar-refractivity contribution is 6.19. The molecule has 0 unspecified atom stereocenters. The summed E-state index contributed by atoms with van der Waals surface area (Å²) in [6.45, 7) is 3.91. The summed E-state index contributed by atoms with van der Waals surface area (Å²) in [5.41, 5.74) is 0.983. The van der Waals surface area contributed by atoms with Crippen LogP contribution in [0.3, 0.4) is 0 Å². The van der Waals surface area contributed by atoms with E-state index in [4.69, 9.17) is 11.8 Å². The lowest BCUT2D eigenvalue weighted by Gasteiger charge is -1.81. The van der Waals surface area contributed by atoms with Gasteiger partial charge in [0, 0.05) is 17.5 Å². The first-order valence-corrected chi connectivity index (χ1v) is 2.29. The zero-order valence-corrected chi connectivity index (χ0v) is 4.79. The second kappa shape index (κ2) is 3.16. The smallest absolute Gasteiger partial charge is 0.0364 e. The van der Waals surface area contributed by atoms with Gasteiger partial charge in [-0.25, -0.2) is 0 Å². The third-order valence-electron chi connectivity index (χ3n) is 0.656. The molecule has 1 nitrogen and oxygen atoms in total. The SMILES string of the molecule is CCC(C)=NCl. The fourth-order valence-electron chi connectivity index (χ4n) is 0.0598. The van der Waals surface area contributed by atoms with Crippen molar-refractivity contribution in [3.8, 4) is 0 Å². The predicted octanol–water partition coefficient (Wildman–Crippen LogP) is 2.01. The molecule has 0 aliphatic carbocycles. The second-order valence-corrected chi connectivity index (χ2v) is 1.34. The van der Waals surface area contributed by atoms with Gasteiger partial charge in [0.15, 0.2) is 0 Å². The van der Waals surface area contributed by atoms with Crippen LogP contribution in [0.15, 0.2) is 4.51 Å². The molecule has 0 aromatic heterocycles. The van der Waals surface area contributed by atoms with Crippen molar-refractivity contribution in [1.29, 1.82) is 0 Å². The lowest BCUT2D eigenvalue weighted by molar-refractivity contribution is 1.27. The number of halogens is 1. The Morgan fingerprint density at radius 1 is 1.83 bits per heavy atom. The Labute approximate surface area is 43.1 Å². The predicted molar refractivity (Wildman–Crippen MR) is 29.3 cm³/mol. The maximum absolute atomic E-state index is 5.04. The molecule has 0 bridgehead atoms. The molecule has 0 aromatic rings. The van der Waals surface area contributed by atoms with Crippen LogP contribution in [0, 0.1) is 0 Å². The van der Waals surface area contributed by atoms with Crippen molar-refractivity contribution in [3.05, 3.63) is 0 Å². The Bertz CT molecular complexity index is 58.6. The number of rotatable bonds is 1. The van der Waals surface area contributed by atoms with E-state index in [0.717, 1.165) is 12.1 Å². The number of hydrogen-bond acceptors (Lipinski definition) is 1. The zero-order chi connectivity index (χ0) is 4.99. The van der Waals surface area contributed by atoms with Crippen molar-refractivity contribution in [2.24, 2.45) is 4.51 Å². The van der Waals surface area contributed by atoms with Crippen LogP contribution < -0.4 is 0 Å². The molecule has 0 saturated carbocycles. The van der Waals surface area contributed by atoms with E-state index in [-0.39, 0.29) is 0 Å². The van der Waals surface area contributed by atoms with Crippen molar-refractivity contribution < 1.29 is 0 Å². The molecule has 0 fully saturated rings. The van der Waals surface area contributed by atoms with E-state index in [2.05, 4.69) is 4.51 Å². The van der Waals surface area contributed by atoms with E-state index in [1.54, 1.807) is 0 Å². The maximum Gasteiger partial charge on any atom is 0.0364 e. The molecule has 0 radical (unpaired) electrons. The molecular weight excluding hydrogens is 97.5 g/mol. The van der Waals surface area contributed by atoms with Crippen LogP contribution in [0.4, 0.5) is 0 Å². The van der Waals surface area contributed by atoms with Gasteiger partial charge in [0.25, 0.3) is 0 Å². The van der Waals surface area contributed by atoms with E-state index in [9.17, 15) is 0 Å². The fraction of sp³-hybridized carbons (Fsp3) is 0.750. The highest BCUT2D eigenvalue weighted by Crippen LogP contribution is 1.85. The van der Waals surface area contributed by atoms with Crippen LogP contribution in [0.2, 0.25) is 0 Å². The lowest BCUT2D eigenvalue weighted by Crippen LogP contribution is -1.80. The van der Waals surface area contributed by atoms with Crippen LogP contribution in [0.5, 0.6) is 0 Å². The van der Waals surface area contributed by atoms with Gasteiger partial charge >= 0.3 is 0 Å². The third kappa shape index (κ3) is 2.21. The first kappa shape index (κ1) is 5.96. The highest BCUT2D eigenvalue weighted by atomic mass is 35.5. The quantitative estimate of drug-likeness (QED) is 0.453. The van der Waals surface area contributed by atoms with Gasteiger partial charge in [0.05, 0.1) is 0 Å². The summed E-state index contributed by atoms with van der Waals surface area (Å²) >= 11 is 5.04. The molecule has 0 aliphatic rings. The monoisotopic (exact) mass is 105 g/mol. The third-order valence-corrected chi connectivity index (χ3v) is 0.944. The van der Waals surface area contributed by atoms with E-state index in [1.165, 1.54) is 0 Å². The topological polar surface area (TPSA) is 12.4 Å². The summed E-state index contributed by atoms with van der Waals surface area (Å²) in [5, 5.41) is 0. The minimum absolute atomic E-state index is 0.948. The number of nitrogens with zero attached hydrogens (tertiary/aromatic N) is 1. The summed E-state index contributed by atoms with van der Waals surface area (Å²) in [6, 6.07) is 0. The molecule has 6 heavy (non-hydrogen) atoms. The summed E-state index contributed by atoms with van der Waals surface area (Å²) in [7, 11) is 0. The Morgan fingerprint density at radius 2 is 2.33 bits per heavy atom. The Hall–Kier alpha value is -0.0400. The largest absolute Gasteiger partial charge is 0.187 e. The van der Waals surface area contributed by atoms with Crippen molar-refractivity contribution in [2.45, 2.75) is 20.3 Å². The molecule has 0 atom stereocenters. The molecule has 0 N–H and O–H groups in total. The Morgan fingerprint density at radius 3 is 2.33 bits per heavy atom. The average Bonchev–Trinajstić information content (AvgIpc) is 1.65. The molecule has 0 heterocycles. The van der Waals surface area contributed by atoms with Gasteiger partial charge in [0.2, 0.25) is 0 Å². The van der Waals surface area contributed by atoms with Gasteiger partial charge in [-0.3, -0.25) is 0 Å².